The van der Waals surface area contributed by atoms with Crippen molar-refractivity contribution in [3.63, 3.8) is 0 Å². The fraction of sp³-hybridized carbons (Fsp3) is 0.385. The first-order valence-corrected chi connectivity index (χ1v) is 12.3. The van der Waals surface area contributed by atoms with Gasteiger partial charge in [0.15, 0.2) is 0 Å². The molecule has 3 aromatic rings. The summed E-state index contributed by atoms with van der Waals surface area (Å²) in [6.45, 7) is 9.34. The topological polar surface area (TPSA) is 34.7 Å². The summed E-state index contributed by atoms with van der Waals surface area (Å²) in [5.41, 5.74) is 6.02. The number of fused-ring (bicyclic) bond motifs is 2. The van der Waals surface area contributed by atoms with E-state index in [1.54, 1.807) is 19.2 Å². The van der Waals surface area contributed by atoms with Crippen LogP contribution in [0.1, 0.15) is 31.4 Å². The summed E-state index contributed by atoms with van der Waals surface area (Å²) in [4.78, 5) is 5.73. The van der Waals surface area contributed by atoms with Gasteiger partial charge in [-0.3, -0.25) is 4.90 Å². The van der Waals surface area contributed by atoms with Crippen LogP contribution in [0.25, 0.3) is 16.5 Å². The summed E-state index contributed by atoms with van der Waals surface area (Å²) in [6.07, 6.45) is 5.35. The number of hydrogen-bond acceptors (Lipinski definition) is 5. The van der Waals surface area contributed by atoms with Crippen LogP contribution in [-0.2, 0) is 6.54 Å². The average Bonchev–Trinajstić information content (AvgIpc) is 3.25. The highest BCUT2D eigenvalue weighted by Crippen LogP contribution is 2.39. The molecule has 0 saturated carbocycles. The zero-order valence-electron chi connectivity index (χ0n) is 19.5. The van der Waals surface area contributed by atoms with Gasteiger partial charge in [-0.1, -0.05) is 6.08 Å². The molecule has 0 spiro atoms. The van der Waals surface area contributed by atoms with Crippen molar-refractivity contribution >= 4 is 34.3 Å². The Bertz CT molecular complexity index is 1170. The quantitative estimate of drug-likeness (QED) is 0.472. The van der Waals surface area contributed by atoms with Crippen LogP contribution in [-0.4, -0.2) is 53.5 Å². The molecule has 5 rings (SSSR count). The number of H-pyrrole nitrogens is 1. The Morgan fingerprint density at radius 2 is 2.03 bits per heavy atom. The van der Waals surface area contributed by atoms with E-state index in [4.69, 9.17) is 4.74 Å². The number of anilines is 1. The molecular formula is C26H31FN4OS. The van der Waals surface area contributed by atoms with Gasteiger partial charge in [0.1, 0.15) is 11.6 Å². The summed E-state index contributed by atoms with van der Waals surface area (Å²) in [7, 11) is 1.73. The molecule has 1 aromatic heterocycles. The lowest BCUT2D eigenvalue weighted by atomic mass is 9.99. The van der Waals surface area contributed by atoms with Crippen LogP contribution < -0.4 is 9.04 Å². The minimum Gasteiger partial charge on any atom is -0.497 e. The van der Waals surface area contributed by atoms with Gasteiger partial charge in [-0.15, -0.1) is 0 Å². The second-order valence-corrected chi connectivity index (χ2v) is 10.1. The fourth-order valence-electron chi connectivity index (χ4n) is 4.62. The van der Waals surface area contributed by atoms with Gasteiger partial charge in [-0.05, 0) is 67.8 Å². The minimum atomic E-state index is -0.202. The van der Waals surface area contributed by atoms with Crippen molar-refractivity contribution in [1.82, 2.24) is 14.2 Å². The molecule has 0 fully saturated rings. The van der Waals surface area contributed by atoms with E-state index in [-0.39, 0.29) is 5.82 Å². The van der Waals surface area contributed by atoms with Crippen molar-refractivity contribution in [2.24, 2.45) is 0 Å². The number of rotatable bonds is 6. The second-order valence-electron chi connectivity index (χ2n) is 9.02. The molecule has 33 heavy (non-hydrogen) atoms. The Hall–Kier alpha value is -2.48. The molecule has 0 aliphatic carbocycles. The maximum absolute atomic E-state index is 13.5. The molecule has 3 heterocycles. The summed E-state index contributed by atoms with van der Waals surface area (Å²) in [5, 5.41) is 1.10. The van der Waals surface area contributed by atoms with E-state index in [0.717, 1.165) is 55.8 Å². The molecule has 2 aliphatic heterocycles. The third-order valence-electron chi connectivity index (χ3n) is 6.56. The second kappa shape index (κ2) is 9.41. The molecule has 0 unspecified atom stereocenters. The van der Waals surface area contributed by atoms with Gasteiger partial charge in [-0.2, -0.15) is 0 Å². The van der Waals surface area contributed by atoms with Crippen LogP contribution in [0.3, 0.4) is 0 Å². The lowest BCUT2D eigenvalue weighted by Crippen LogP contribution is -2.40. The van der Waals surface area contributed by atoms with E-state index in [1.807, 2.05) is 24.4 Å². The summed E-state index contributed by atoms with van der Waals surface area (Å²) in [6, 6.07) is 11.9. The molecule has 7 heteroatoms. The lowest BCUT2D eigenvalue weighted by molar-refractivity contribution is 0.310. The number of ether oxygens (including phenoxy) is 1. The van der Waals surface area contributed by atoms with E-state index in [1.165, 1.54) is 22.4 Å². The Balaban J connectivity index is 1.26. The molecule has 1 N–H and O–H groups in total. The van der Waals surface area contributed by atoms with E-state index < -0.39 is 0 Å². The Morgan fingerprint density at radius 1 is 1.15 bits per heavy atom. The first-order valence-electron chi connectivity index (χ1n) is 11.6. The molecule has 5 nitrogen and oxygen atoms in total. The Morgan fingerprint density at radius 3 is 2.79 bits per heavy atom. The number of aromatic nitrogens is 1. The smallest absolute Gasteiger partial charge is 0.125 e. The summed E-state index contributed by atoms with van der Waals surface area (Å²) >= 11 is 1.83. The van der Waals surface area contributed by atoms with Crippen LogP contribution in [0, 0.1) is 5.82 Å². The maximum Gasteiger partial charge on any atom is 0.125 e. The highest BCUT2D eigenvalue weighted by atomic mass is 32.2. The first kappa shape index (κ1) is 22.3. The normalized spacial score (nSPS) is 17.5. The molecule has 0 bridgehead atoms. The number of nitrogens with zero attached hydrogens (tertiary/aromatic N) is 3. The van der Waals surface area contributed by atoms with Crippen LogP contribution >= 0.6 is 12.1 Å². The standard InChI is InChI=1S/C26H31FN4OS/c1-18(2)31-17-20-14-22(32-3)5-7-26(20)30(33-31)13-12-29-10-8-19(9-11-29)24-16-28-25-15-21(27)4-6-23(24)25/h4-8,14-16,18,28H,9-13,17H2,1-3H3. The third kappa shape index (κ3) is 4.63. The van der Waals surface area contributed by atoms with E-state index in [2.05, 4.69) is 56.6 Å². The molecule has 0 amide bonds. The molecule has 174 valence electrons. The van der Waals surface area contributed by atoms with Crippen molar-refractivity contribution in [2.75, 3.05) is 37.6 Å². The number of methoxy groups -OCH3 is 1. The zero-order chi connectivity index (χ0) is 22.9. The van der Waals surface area contributed by atoms with Crippen LogP contribution in [0.4, 0.5) is 10.1 Å². The molecule has 0 atom stereocenters. The van der Waals surface area contributed by atoms with Crippen LogP contribution in [0.2, 0.25) is 0 Å². The van der Waals surface area contributed by atoms with Gasteiger partial charge >= 0.3 is 0 Å². The van der Waals surface area contributed by atoms with Gasteiger partial charge in [-0.25, -0.2) is 8.70 Å². The largest absolute Gasteiger partial charge is 0.497 e. The number of nitrogens with one attached hydrogen (secondary N) is 1. The molecular weight excluding hydrogens is 435 g/mol. The Labute approximate surface area is 199 Å². The lowest BCUT2D eigenvalue weighted by Gasteiger charge is -2.39. The highest BCUT2D eigenvalue weighted by Gasteiger charge is 2.26. The third-order valence-corrected chi connectivity index (χ3v) is 7.90. The van der Waals surface area contributed by atoms with E-state index >= 15 is 0 Å². The molecule has 0 radical (unpaired) electrons. The van der Waals surface area contributed by atoms with Gasteiger partial charge in [0.05, 0.1) is 12.8 Å². The van der Waals surface area contributed by atoms with Gasteiger partial charge in [0.2, 0.25) is 0 Å². The SMILES string of the molecule is COc1ccc2c(c1)CN(C(C)C)SN2CCN1CC=C(c2c[nH]c3cc(F)ccc23)CC1. The zero-order valence-corrected chi connectivity index (χ0v) is 20.3. The predicted octanol–water partition coefficient (Wildman–Crippen LogP) is 5.70. The van der Waals surface area contributed by atoms with Crippen molar-refractivity contribution in [2.45, 2.75) is 32.9 Å². The molecule has 2 aromatic carbocycles. The number of hydrogen-bond donors (Lipinski definition) is 1. The molecule has 2 aliphatic rings. The first-order chi connectivity index (χ1) is 16.0. The van der Waals surface area contributed by atoms with Crippen LogP contribution in [0.15, 0.2) is 48.7 Å². The summed E-state index contributed by atoms with van der Waals surface area (Å²) in [5.74, 6) is 0.712. The van der Waals surface area contributed by atoms with Crippen molar-refractivity contribution in [3.8, 4) is 5.75 Å². The monoisotopic (exact) mass is 466 g/mol. The maximum atomic E-state index is 13.5. The fourth-order valence-corrected chi connectivity index (χ4v) is 5.69. The van der Waals surface area contributed by atoms with Gasteiger partial charge in [0, 0.05) is 73.6 Å². The van der Waals surface area contributed by atoms with Gasteiger partial charge < -0.3 is 14.0 Å². The van der Waals surface area contributed by atoms with Crippen molar-refractivity contribution in [1.29, 1.82) is 0 Å². The van der Waals surface area contributed by atoms with Crippen molar-refractivity contribution < 1.29 is 9.13 Å². The van der Waals surface area contributed by atoms with E-state index in [9.17, 15) is 4.39 Å². The minimum absolute atomic E-state index is 0.202. The number of halogens is 1. The Kier molecular flexibility index (Phi) is 6.36. The predicted molar refractivity (Wildman–Crippen MR) is 136 cm³/mol. The summed E-state index contributed by atoms with van der Waals surface area (Å²) < 4.78 is 23.8. The van der Waals surface area contributed by atoms with Crippen LogP contribution in [0.5, 0.6) is 5.75 Å². The number of benzene rings is 2. The highest BCUT2D eigenvalue weighted by molar-refractivity contribution is 7.98. The van der Waals surface area contributed by atoms with E-state index in [0.29, 0.717) is 6.04 Å². The number of aromatic amines is 1. The van der Waals surface area contributed by atoms with Gasteiger partial charge in [0.25, 0.3) is 0 Å². The average molecular weight is 467 g/mol. The molecule has 0 saturated heterocycles. The van der Waals surface area contributed by atoms with Crippen molar-refractivity contribution in [3.05, 3.63) is 65.6 Å².